The first-order valence-electron chi connectivity index (χ1n) is 12.9. The van der Waals surface area contributed by atoms with Crippen LogP contribution in [0.15, 0.2) is 36.5 Å². The van der Waals surface area contributed by atoms with E-state index in [0.29, 0.717) is 48.1 Å². The zero-order valence-corrected chi connectivity index (χ0v) is 22.7. The van der Waals surface area contributed by atoms with Crippen molar-refractivity contribution in [2.45, 2.75) is 39.3 Å². The number of ether oxygens (including phenoxy) is 3. The second-order valence-electron chi connectivity index (χ2n) is 9.52. The minimum Gasteiger partial charge on any atom is -0.485 e. The predicted molar refractivity (Wildman–Crippen MR) is 144 cm³/mol. The molecule has 1 aliphatic rings. The number of anilines is 1. The van der Waals surface area contributed by atoms with Gasteiger partial charge < -0.3 is 24.8 Å². The van der Waals surface area contributed by atoms with Crippen LogP contribution in [0.4, 0.5) is 14.6 Å². The van der Waals surface area contributed by atoms with Gasteiger partial charge >= 0.3 is 0 Å². The Morgan fingerprint density at radius 3 is 2.76 bits per heavy atom. The van der Waals surface area contributed by atoms with Crippen LogP contribution in [0.5, 0.6) is 11.6 Å². The van der Waals surface area contributed by atoms with Crippen LogP contribution in [0.1, 0.15) is 41.4 Å². The lowest BCUT2D eigenvalue weighted by molar-refractivity contribution is -0.114. The molecule has 5 rings (SSSR count). The second-order valence-corrected chi connectivity index (χ2v) is 9.52. The molecule has 0 radical (unpaired) electrons. The number of imidazole rings is 1. The van der Waals surface area contributed by atoms with Crippen LogP contribution in [-0.2, 0) is 16.1 Å². The van der Waals surface area contributed by atoms with E-state index in [9.17, 15) is 18.4 Å². The Bertz CT molecular complexity index is 1620. The third-order valence-corrected chi connectivity index (χ3v) is 6.44. The summed E-state index contributed by atoms with van der Waals surface area (Å²) in [5.41, 5.74) is 2.33. The summed E-state index contributed by atoms with van der Waals surface area (Å²) in [5.74, 6) is -2.21. The van der Waals surface area contributed by atoms with Crippen molar-refractivity contribution in [3.63, 3.8) is 0 Å². The van der Waals surface area contributed by atoms with Gasteiger partial charge in [-0.05, 0) is 44.0 Å². The highest BCUT2D eigenvalue weighted by atomic mass is 19.1. The topological polar surface area (TPSA) is 129 Å². The number of carbonyl (C=O) groups excluding carboxylic acids is 2. The molecule has 0 bridgehead atoms. The van der Waals surface area contributed by atoms with E-state index in [1.54, 1.807) is 31.3 Å². The SMILES string of the molecule is COc1nc(C)c(-c2ccc3nc(NC(C)=O)cn3n2)cc1C(=O)NCc1cc(F)cc(F)c1OC1CCCOC1. The van der Waals surface area contributed by atoms with E-state index in [-0.39, 0.29) is 41.3 Å². The standard InChI is InChI=1S/C28H28F2N6O5/c1-15-20(23-6-7-25-34-24(33-16(2)37)13-36(25)35-23)11-21(28(32-15)39-3)27(38)31-12-17-9-18(29)10-22(30)26(17)41-19-5-4-8-40-14-19/h6-7,9-11,13,19H,4-5,8,12,14H2,1-3H3,(H,31,38)(H,33,37). The van der Waals surface area contributed by atoms with Gasteiger partial charge in [-0.3, -0.25) is 9.59 Å². The quantitative estimate of drug-likeness (QED) is 0.329. The van der Waals surface area contributed by atoms with Crippen molar-refractivity contribution in [3.8, 4) is 22.9 Å². The van der Waals surface area contributed by atoms with Crippen LogP contribution < -0.4 is 20.1 Å². The number of hydrogen-bond donors (Lipinski definition) is 2. The number of benzene rings is 1. The highest BCUT2D eigenvalue weighted by Gasteiger charge is 2.23. The van der Waals surface area contributed by atoms with E-state index in [4.69, 9.17) is 14.2 Å². The molecule has 0 saturated carbocycles. The third-order valence-electron chi connectivity index (χ3n) is 6.44. The molecule has 13 heteroatoms. The van der Waals surface area contributed by atoms with Crippen LogP contribution in [0.25, 0.3) is 16.9 Å². The van der Waals surface area contributed by atoms with Gasteiger partial charge in [-0.25, -0.2) is 23.3 Å². The highest BCUT2D eigenvalue weighted by Crippen LogP contribution is 2.29. The maximum absolute atomic E-state index is 14.7. The molecule has 4 aromatic rings. The molecule has 1 saturated heterocycles. The molecule has 2 N–H and O–H groups in total. The van der Waals surface area contributed by atoms with E-state index >= 15 is 0 Å². The fourth-order valence-electron chi connectivity index (χ4n) is 4.55. The average molecular weight is 567 g/mol. The number of rotatable bonds is 8. The Morgan fingerprint density at radius 1 is 1.20 bits per heavy atom. The first-order valence-corrected chi connectivity index (χ1v) is 12.9. The Balaban J connectivity index is 1.41. The normalized spacial score (nSPS) is 15.0. The van der Waals surface area contributed by atoms with Crippen LogP contribution in [0.2, 0.25) is 0 Å². The number of aryl methyl sites for hydroxylation is 1. The molecule has 1 aromatic carbocycles. The van der Waals surface area contributed by atoms with Crippen LogP contribution in [-0.4, -0.2) is 57.8 Å². The van der Waals surface area contributed by atoms with E-state index in [1.165, 1.54) is 18.5 Å². The molecular formula is C28H28F2N6O5. The van der Waals surface area contributed by atoms with Crippen molar-refractivity contribution < 1.29 is 32.6 Å². The van der Waals surface area contributed by atoms with E-state index < -0.39 is 17.5 Å². The molecule has 2 amide bonds. The van der Waals surface area contributed by atoms with Gasteiger partial charge in [-0.1, -0.05) is 0 Å². The summed E-state index contributed by atoms with van der Waals surface area (Å²) in [5, 5.41) is 9.85. The maximum Gasteiger partial charge on any atom is 0.257 e. The van der Waals surface area contributed by atoms with Crippen molar-refractivity contribution in [2.75, 3.05) is 25.6 Å². The zero-order valence-electron chi connectivity index (χ0n) is 22.7. The molecule has 1 unspecified atom stereocenters. The molecule has 1 aliphatic heterocycles. The molecule has 1 fully saturated rings. The van der Waals surface area contributed by atoms with Crippen molar-refractivity contribution >= 4 is 23.3 Å². The molecule has 41 heavy (non-hydrogen) atoms. The van der Waals surface area contributed by atoms with Gasteiger partial charge in [-0.15, -0.1) is 0 Å². The van der Waals surface area contributed by atoms with Crippen molar-refractivity contribution in [2.24, 2.45) is 0 Å². The van der Waals surface area contributed by atoms with Gasteiger partial charge in [0.25, 0.3) is 5.91 Å². The fourth-order valence-corrected chi connectivity index (χ4v) is 4.55. The number of nitrogens with one attached hydrogen (secondary N) is 2. The number of nitrogens with zero attached hydrogens (tertiary/aromatic N) is 4. The van der Waals surface area contributed by atoms with E-state index in [1.807, 2.05) is 0 Å². The molecule has 0 aliphatic carbocycles. The summed E-state index contributed by atoms with van der Waals surface area (Å²) < 4.78 is 46.9. The van der Waals surface area contributed by atoms with Gasteiger partial charge in [-0.2, -0.15) is 5.10 Å². The second kappa shape index (κ2) is 11.8. The molecule has 214 valence electrons. The lowest BCUT2D eigenvalue weighted by atomic mass is 10.1. The third kappa shape index (κ3) is 6.24. The molecule has 11 nitrogen and oxygen atoms in total. The summed E-state index contributed by atoms with van der Waals surface area (Å²) in [6.07, 6.45) is 2.63. The molecule has 1 atom stereocenters. The van der Waals surface area contributed by atoms with Gasteiger partial charge in [0.05, 0.1) is 31.3 Å². The first-order chi connectivity index (χ1) is 19.7. The number of fused-ring (bicyclic) bond motifs is 1. The summed E-state index contributed by atoms with van der Waals surface area (Å²) in [7, 11) is 1.39. The van der Waals surface area contributed by atoms with Crippen molar-refractivity contribution in [1.82, 2.24) is 24.9 Å². The van der Waals surface area contributed by atoms with E-state index in [2.05, 4.69) is 25.7 Å². The largest absolute Gasteiger partial charge is 0.485 e. The lowest BCUT2D eigenvalue weighted by Crippen LogP contribution is -2.29. The van der Waals surface area contributed by atoms with Gasteiger partial charge in [0.1, 0.15) is 17.5 Å². The number of amides is 2. The summed E-state index contributed by atoms with van der Waals surface area (Å²) in [6, 6.07) is 6.88. The summed E-state index contributed by atoms with van der Waals surface area (Å²) >= 11 is 0. The smallest absolute Gasteiger partial charge is 0.257 e. The lowest BCUT2D eigenvalue weighted by Gasteiger charge is -2.25. The van der Waals surface area contributed by atoms with Crippen molar-refractivity contribution in [3.05, 3.63) is 65.0 Å². The van der Waals surface area contributed by atoms with Crippen LogP contribution in [0.3, 0.4) is 0 Å². The monoisotopic (exact) mass is 566 g/mol. The Morgan fingerprint density at radius 2 is 2.02 bits per heavy atom. The van der Waals surface area contributed by atoms with Crippen molar-refractivity contribution in [1.29, 1.82) is 0 Å². The molecule has 0 spiro atoms. The maximum atomic E-state index is 14.7. The molecule has 4 heterocycles. The number of pyridine rings is 1. The van der Waals surface area contributed by atoms with Gasteiger partial charge in [0.2, 0.25) is 11.8 Å². The number of hydrogen-bond acceptors (Lipinski definition) is 8. The Kier molecular flexibility index (Phi) is 8.06. The zero-order chi connectivity index (χ0) is 29.1. The first kappa shape index (κ1) is 27.9. The fraction of sp³-hybridized carbons (Fsp3) is 0.321. The number of methoxy groups -OCH3 is 1. The molecule has 3 aromatic heterocycles. The highest BCUT2D eigenvalue weighted by molar-refractivity contribution is 5.97. The van der Waals surface area contributed by atoms with Gasteiger partial charge in [0, 0.05) is 37.3 Å². The van der Waals surface area contributed by atoms with E-state index in [0.717, 1.165) is 18.6 Å². The average Bonchev–Trinajstić information content (AvgIpc) is 3.34. The summed E-state index contributed by atoms with van der Waals surface area (Å²) in [6.45, 7) is 3.81. The van der Waals surface area contributed by atoms with Crippen LogP contribution in [0, 0.1) is 18.6 Å². The minimum absolute atomic E-state index is 0.0710. The minimum atomic E-state index is -0.862. The Labute approximate surface area is 233 Å². The van der Waals surface area contributed by atoms with Crippen LogP contribution >= 0.6 is 0 Å². The predicted octanol–water partition coefficient (Wildman–Crippen LogP) is 3.83. The molecular weight excluding hydrogens is 538 g/mol. The number of halogens is 2. The van der Waals surface area contributed by atoms with Gasteiger partial charge in [0.15, 0.2) is 23.0 Å². The number of carbonyl (C=O) groups is 2. The number of aromatic nitrogens is 4. The Hall–Kier alpha value is -4.65. The summed E-state index contributed by atoms with van der Waals surface area (Å²) in [4.78, 5) is 33.4.